The number of nitrogens with zero attached hydrogens (tertiary/aromatic N) is 4. The second-order valence-corrected chi connectivity index (χ2v) is 6.49. The molecule has 0 unspecified atom stereocenters. The number of fused-ring (bicyclic) bond motifs is 1. The predicted molar refractivity (Wildman–Crippen MR) is 73.1 cm³/mol. The summed E-state index contributed by atoms with van der Waals surface area (Å²) in [5.41, 5.74) is 7.17. The van der Waals surface area contributed by atoms with Crippen LogP contribution >= 0.6 is 11.6 Å². The van der Waals surface area contributed by atoms with Crippen molar-refractivity contribution in [2.45, 2.75) is 44.4 Å². The summed E-state index contributed by atoms with van der Waals surface area (Å²) in [4.78, 5) is 8.56. The standard InChI is InChI=1S/C13H16ClN5/c1-2-13(6-12(7-13)3-4-12)10-17-9(14)8-5-16-11(15)18-19(8)10/h5H,2-4,6-7H2,1H3,(H2,15,18). The minimum absolute atomic E-state index is 0.118. The maximum absolute atomic E-state index is 6.21. The summed E-state index contributed by atoms with van der Waals surface area (Å²) in [7, 11) is 0. The quantitative estimate of drug-likeness (QED) is 0.916. The van der Waals surface area contributed by atoms with Crippen LogP contribution in [0.5, 0.6) is 0 Å². The molecule has 2 heterocycles. The first-order chi connectivity index (χ1) is 9.07. The molecule has 2 fully saturated rings. The van der Waals surface area contributed by atoms with Gasteiger partial charge in [0.25, 0.3) is 0 Å². The summed E-state index contributed by atoms with van der Waals surface area (Å²) < 4.78 is 1.80. The summed E-state index contributed by atoms with van der Waals surface area (Å²) in [5.74, 6) is 1.22. The van der Waals surface area contributed by atoms with Crippen molar-refractivity contribution in [2.75, 3.05) is 5.73 Å². The predicted octanol–water partition coefficient (Wildman–Crippen LogP) is 2.58. The molecule has 4 rings (SSSR count). The molecule has 0 aliphatic heterocycles. The largest absolute Gasteiger partial charge is 0.367 e. The number of anilines is 1. The minimum atomic E-state index is 0.118. The number of nitrogen functional groups attached to an aromatic ring is 1. The van der Waals surface area contributed by atoms with Crippen LogP contribution in [0.2, 0.25) is 5.15 Å². The maximum Gasteiger partial charge on any atom is 0.238 e. The number of nitrogens with two attached hydrogens (primary N) is 1. The Morgan fingerprint density at radius 1 is 1.42 bits per heavy atom. The van der Waals surface area contributed by atoms with Crippen LogP contribution in [0, 0.1) is 5.41 Å². The zero-order valence-electron chi connectivity index (χ0n) is 10.9. The molecule has 5 nitrogen and oxygen atoms in total. The van der Waals surface area contributed by atoms with E-state index in [0.717, 1.165) is 17.8 Å². The van der Waals surface area contributed by atoms with Gasteiger partial charge in [-0.1, -0.05) is 18.5 Å². The van der Waals surface area contributed by atoms with E-state index in [0.29, 0.717) is 10.6 Å². The van der Waals surface area contributed by atoms with Crippen LogP contribution in [0.3, 0.4) is 0 Å². The molecule has 0 atom stereocenters. The Morgan fingerprint density at radius 2 is 2.16 bits per heavy atom. The fourth-order valence-corrected chi connectivity index (χ4v) is 3.90. The SMILES string of the molecule is CCC1(c2nc(Cl)c3cnc(N)nn23)CC2(CC2)C1. The Morgan fingerprint density at radius 3 is 2.79 bits per heavy atom. The molecule has 6 heteroatoms. The van der Waals surface area contributed by atoms with E-state index in [1.165, 1.54) is 25.7 Å². The van der Waals surface area contributed by atoms with Gasteiger partial charge in [-0.25, -0.2) is 14.5 Å². The Hall–Kier alpha value is -1.36. The Kier molecular flexibility index (Phi) is 2.05. The molecule has 0 amide bonds. The summed E-state index contributed by atoms with van der Waals surface area (Å²) in [6, 6.07) is 0. The molecule has 2 aromatic heterocycles. The van der Waals surface area contributed by atoms with Crippen molar-refractivity contribution in [2.24, 2.45) is 5.41 Å². The fraction of sp³-hybridized carbons (Fsp3) is 0.615. The van der Waals surface area contributed by atoms with Crippen LogP contribution in [-0.4, -0.2) is 19.6 Å². The first kappa shape index (κ1) is 11.5. The smallest absolute Gasteiger partial charge is 0.238 e. The van der Waals surface area contributed by atoms with Crippen molar-refractivity contribution in [1.29, 1.82) is 0 Å². The summed E-state index contributed by atoms with van der Waals surface area (Å²) in [6.45, 7) is 2.22. The number of aromatic nitrogens is 4. The van der Waals surface area contributed by atoms with Gasteiger partial charge in [0.2, 0.25) is 5.95 Å². The number of imidazole rings is 1. The summed E-state index contributed by atoms with van der Waals surface area (Å²) >= 11 is 6.21. The molecule has 0 bridgehead atoms. The number of hydrogen-bond donors (Lipinski definition) is 1. The molecule has 19 heavy (non-hydrogen) atoms. The van der Waals surface area contributed by atoms with Gasteiger partial charge in [0.15, 0.2) is 5.15 Å². The molecule has 1 spiro atoms. The van der Waals surface area contributed by atoms with E-state index in [2.05, 4.69) is 22.0 Å². The van der Waals surface area contributed by atoms with Gasteiger partial charge in [0.05, 0.1) is 6.20 Å². The van der Waals surface area contributed by atoms with Crippen LogP contribution < -0.4 is 5.73 Å². The Labute approximate surface area is 116 Å². The van der Waals surface area contributed by atoms with Gasteiger partial charge >= 0.3 is 0 Å². The minimum Gasteiger partial charge on any atom is -0.367 e. The van der Waals surface area contributed by atoms with E-state index < -0.39 is 0 Å². The van der Waals surface area contributed by atoms with Gasteiger partial charge in [-0.2, -0.15) is 0 Å². The van der Waals surface area contributed by atoms with Crippen LogP contribution in [-0.2, 0) is 5.41 Å². The van der Waals surface area contributed by atoms with Gasteiger partial charge in [0, 0.05) is 5.41 Å². The lowest BCUT2D eigenvalue weighted by Crippen LogP contribution is -2.43. The highest BCUT2D eigenvalue weighted by molar-refractivity contribution is 6.32. The average molecular weight is 278 g/mol. The van der Waals surface area contributed by atoms with Crippen molar-refractivity contribution >= 4 is 23.1 Å². The molecule has 100 valence electrons. The number of rotatable bonds is 2. The monoisotopic (exact) mass is 277 g/mol. The first-order valence-electron chi connectivity index (χ1n) is 6.75. The highest BCUT2D eigenvalue weighted by atomic mass is 35.5. The fourth-order valence-electron chi connectivity index (χ4n) is 3.69. The summed E-state index contributed by atoms with van der Waals surface area (Å²) in [6.07, 6.45) is 7.85. The van der Waals surface area contributed by atoms with Crippen LogP contribution in [0.15, 0.2) is 6.20 Å². The molecule has 0 aromatic carbocycles. The van der Waals surface area contributed by atoms with Crippen molar-refractivity contribution < 1.29 is 0 Å². The average Bonchev–Trinajstić information content (AvgIpc) is 3.07. The highest BCUT2D eigenvalue weighted by Crippen LogP contribution is 2.69. The van der Waals surface area contributed by atoms with E-state index in [1.54, 1.807) is 10.7 Å². The third-order valence-corrected chi connectivity index (χ3v) is 5.18. The molecular weight excluding hydrogens is 262 g/mol. The topological polar surface area (TPSA) is 69.1 Å². The van der Waals surface area contributed by atoms with E-state index in [4.69, 9.17) is 17.3 Å². The maximum atomic E-state index is 6.21. The van der Waals surface area contributed by atoms with E-state index in [1.807, 2.05) is 0 Å². The van der Waals surface area contributed by atoms with E-state index >= 15 is 0 Å². The van der Waals surface area contributed by atoms with Gasteiger partial charge in [-0.3, -0.25) is 0 Å². The Bertz CT molecular complexity index is 665. The normalized spacial score (nSPS) is 22.6. The third-order valence-electron chi connectivity index (χ3n) is 4.90. The first-order valence-corrected chi connectivity index (χ1v) is 7.13. The van der Waals surface area contributed by atoms with Crippen molar-refractivity contribution in [3.8, 4) is 0 Å². The van der Waals surface area contributed by atoms with Crippen molar-refractivity contribution in [3.05, 3.63) is 17.2 Å². The third kappa shape index (κ3) is 1.45. The molecule has 2 N–H and O–H groups in total. The lowest BCUT2D eigenvalue weighted by molar-refractivity contribution is 0.103. The van der Waals surface area contributed by atoms with Gasteiger partial charge in [-0.05, 0) is 37.5 Å². The molecule has 2 aromatic rings. The second kappa shape index (κ2) is 3.39. The van der Waals surface area contributed by atoms with Crippen molar-refractivity contribution in [3.63, 3.8) is 0 Å². The second-order valence-electron chi connectivity index (χ2n) is 6.13. The van der Waals surface area contributed by atoms with Crippen LogP contribution in [0.1, 0.15) is 44.9 Å². The number of halogens is 1. The molecular formula is C13H16ClN5. The molecule has 2 saturated carbocycles. The number of hydrogen-bond acceptors (Lipinski definition) is 4. The lowest BCUT2D eigenvalue weighted by atomic mass is 9.58. The Balaban J connectivity index is 1.88. The van der Waals surface area contributed by atoms with Crippen LogP contribution in [0.25, 0.3) is 5.52 Å². The van der Waals surface area contributed by atoms with Gasteiger partial charge in [-0.15, -0.1) is 5.10 Å². The molecule has 2 aliphatic carbocycles. The molecule has 2 aliphatic rings. The van der Waals surface area contributed by atoms with Crippen LogP contribution in [0.4, 0.5) is 5.95 Å². The lowest BCUT2D eigenvalue weighted by Gasteiger charge is -2.47. The van der Waals surface area contributed by atoms with E-state index in [-0.39, 0.29) is 11.4 Å². The zero-order chi connectivity index (χ0) is 13.3. The van der Waals surface area contributed by atoms with Crippen molar-refractivity contribution in [1.82, 2.24) is 19.6 Å². The molecule has 0 radical (unpaired) electrons. The highest BCUT2D eigenvalue weighted by Gasteiger charge is 2.62. The van der Waals surface area contributed by atoms with Gasteiger partial charge in [0.1, 0.15) is 11.3 Å². The zero-order valence-corrected chi connectivity index (χ0v) is 11.6. The van der Waals surface area contributed by atoms with Gasteiger partial charge < -0.3 is 5.73 Å². The van der Waals surface area contributed by atoms with E-state index in [9.17, 15) is 0 Å². The molecule has 0 saturated heterocycles. The summed E-state index contributed by atoms with van der Waals surface area (Å²) in [5, 5.41) is 4.77.